The van der Waals surface area contributed by atoms with Gasteiger partial charge in [-0.05, 0) is 57.9 Å². The van der Waals surface area contributed by atoms with Crippen molar-refractivity contribution in [2.75, 3.05) is 0 Å². The Morgan fingerprint density at radius 1 is 0.926 bits per heavy atom. The van der Waals surface area contributed by atoms with E-state index >= 15 is 0 Å². The normalized spacial score (nSPS) is 12.5. The molecule has 0 saturated heterocycles. The summed E-state index contributed by atoms with van der Waals surface area (Å²) in [4.78, 5) is 12.5. The van der Waals surface area contributed by atoms with Gasteiger partial charge in [0.1, 0.15) is 0 Å². The van der Waals surface area contributed by atoms with E-state index in [0.29, 0.717) is 5.92 Å². The minimum Gasteiger partial charge on any atom is -0.289 e. The Hall–Kier alpha value is -2.41. The molecular formula is C26H32O. The molecule has 1 heteroatoms. The van der Waals surface area contributed by atoms with Gasteiger partial charge in [-0.2, -0.15) is 0 Å². The van der Waals surface area contributed by atoms with Crippen LogP contribution in [0.1, 0.15) is 68.4 Å². The molecular weight excluding hydrogens is 328 g/mol. The summed E-state index contributed by atoms with van der Waals surface area (Å²) in [5.41, 5.74) is 5.66. The highest BCUT2D eigenvalue weighted by atomic mass is 16.1. The van der Waals surface area contributed by atoms with E-state index in [0.717, 1.165) is 36.8 Å². The fourth-order valence-electron chi connectivity index (χ4n) is 3.21. The number of carbonyl (C=O) groups is 1. The van der Waals surface area contributed by atoms with Crippen LogP contribution in [0.2, 0.25) is 0 Å². The third kappa shape index (κ3) is 7.38. The van der Waals surface area contributed by atoms with Gasteiger partial charge in [0.25, 0.3) is 0 Å². The van der Waals surface area contributed by atoms with Gasteiger partial charge in [-0.25, -0.2) is 0 Å². The molecule has 2 aromatic carbocycles. The van der Waals surface area contributed by atoms with Gasteiger partial charge in [-0.15, -0.1) is 0 Å². The zero-order chi connectivity index (χ0) is 19.6. The first-order chi connectivity index (χ1) is 13.0. The van der Waals surface area contributed by atoms with Crippen molar-refractivity contribution in [3.05, 3.63) is 94.6 Å². The minimum absolute atomic E-state index is 0.0884. The van der Waals surface area contributed by atoms with E-state index in [9.17, 15) is 4.79 Å². The van der Waals surface area contributed by atoms with Crippen LogP contribution in [0.5, 0.6) is 0 Å². The Kier molecular flexibility index (Phi) is 8.26. The van der Waals surface area contributed by atoms with E-state index in [1.54, 1.807) is 0 Å². The average molecular weight is 361 g/mol. The van der Waals surface area contributed by atoms with Gasteiger partial charge >= 0.3 is 0 Å². The second kappa shape index (κ2) is 10.7. The van der Waals surface area contributed by atoms with Crippen LogP contribution in [0.25, 0.3) is 0 Å². The van der Waals surface area contributed by atoms with Gasteiger partial charge in [-0.1, -0.05) is 84.8 Å². The molecule has 2 rings (SSSR count). The number of ketones is 1. The molecule has 0 aliphatic carbocycles. The number of benzene rings is 2. The third-order valence-electron chi connectivity index (χ3n) is 4.80. The summed E-state index contributed by atoms with van der Waals surface area (Å²) >= 11 is 0. The molecule has 0 aliphatic heterocycles. The quantitative estimate of drug-likeness (QED) is 0.342. The number of hydrogen-bond donors (Lipinski definition) is 0. The van der Waals surface area contributed by atoms with Gasteiger partial charge in [0, 0.05) is 11.1 Å². The van der Waals surface area contributed by atoms with Crippen molar-refractivity contribution in [1.29, 1.82) is 0 Å². The monoisotopic (exact) mass is 360 g/mol. The molecule has 0 heterocycles. The van der Waals surface area contributed by atoms with Crippen molar-refractivity contribution in [1.82, 2.24) is 0 Å². The molecule has 1 unspecified atom stereocenters. The third-order valence-corrected chi connectivity index (χ3v) is 4.80. The van der Waals surface area contributed by atoms with Crippen LogP contribution < -0.4 is 0 Å². The first-order valence-electron chi connectivity index (χ1n) is 9.95. The second-order valence-electron chi connectivity index (χ2n) is 7.74. The largest absolute Gasteiger partial charge is 0.289 e. The van der Waals surface area contributed by atoms with Crippen molar-refractivity contribution in [3.63, 3.8) is 0 Å². The molecule has 1 atom stereocenters. The topological polar surface area (TPSA) is 17.1 Å². The molecule has 2 aromatic rings. The first-order valence-corrected chi connectivity index (χ1v) is 9.95. The predicted molar refractivity (Wildman–Crippen MR) is 116 cm³/mol. The molecule has 0 bridgehead atoms. The molecule has 1 nitrogen and oxygen atoms in total. The lowest BCUT2D eigenvalue weighted by molar-refractivity contribution is 0.103. The van der Waals surface area contributed by atoms with Crippen molar-refractivity contribution in [2.24, 2.45) is 5.92 Å². The molecule has 0 radical (unpaired) electrons. The van der Waals surface area contributed by atoms with Crippen LogP contribution in [0, 0.1) is 5.92 Å². The fraction of sp³-hybridized carbons (Fsp3) is 0.346. The van der Waals surface area contributed by atoms with E-state index in [1.807, 2.05) is 42.5 Å². The van der Waals surface area contributed by atoms with Crippen LogP contribution >= 0.6 is 0 Å². The summed E-state index contributed by atoms with van der Waals surface area (Å²) in [7, 11) is 0. The summed E-state index contributed by atoms with van der Waals surface area (Å²) in [5, 5.41) is 0. The molecule has 0 saturated carbocycles. The molecule has 0 fully saturated rings. The maximum atomic E-state index is 12.5. The first kappa shape index (κ1) is 20.9. The summed E-state index contributed by atoms with van der Waals surface area (Å²) in [5.74, 6) is 0.660. The molecule has 0 aliphatic rings. The van der Waals surface area contributed by atoms with Crippen LogP contribution in [-0.2, 0) is 6.42 Å². The summed E-state index contributed by atoms with van der Waals surface area (Å²) < 4.78 is 0. The van der Waals surface area contributed by atoms with Crippen molar-refractivity contribution >= 4 is 5.78 Å². The average Bonchev–Trinajstić information content (AvgIpc) is 2.66. The van der Waals surface area contributed by atoms with E-state index in [1.165, 1.54) is 16.7 Å². The van der Waals surface area contributed by atoms with Crippen LogP contribution in [0.15, 0.2) is 77.9 Å². The summed E-state index contributed by atoms with van der Waals surface area (Å²) in [6.45, 7) is 8.83. The van der Waals surface area contributed by atoms with Gasteiger partial charge in [0.2, 0.25) is 0 Å². The highest BCUT2D eigenvalue weighted by Gasteiger charge is 2.08. The standard InChI is InChI=1S/C26H32O/c1-20(2)9-8-10-21(3)19-22(4)13-14-23-15-17-25(18-16-23)26(27)24-11-6-5-7-12-24/h5-7,9,11-12,15-19,22H,8,10,13-14H2,1-4H3/b21-19+. The van der Waals surface area contributed by atoms with Crippen LogP contribution in [-0.4, -0.2) is 5.78 Å². The maximum Gasteiger partial charge on any atom is 0.193 e. The molecule has 0 spiro atoms. The van der Waals surface area contributed by atoms with Crippen LogP contribution in [0.3, 0.4) is 0 Å². The Balaban J connectivity index is 1.86. The maximum absolute atomic E-state index is 12.5. The number of allylic oxidation sites excluding steroid dienone is 4. The lowest BCUT2D eigenvalue weighted by Gasteiger charge is -2.09. The van der Waals surface area contributed by atoms with Gasteiger partial charge in [0.15, 0.2) is 5.78 Å². The lowest BCUT2D eigenvalue weighted by atomic mass is 9.96. The molecule has 27 heavy (non-hydrogen) atoms. The highest BCUT2D eigenvalue weighted by Crippen LogP contribution is 2.17. The molecule has 0 aromatic heterocycles. The Labute approximate surface area is 164 Å². The minimum atomic E-state index is 0.0884. The number of hydrogen-bond acceptors (Lipinski definition) is 1. The van der Waals surface area contributed by atoms with Crippen molar-refractivity contribution in [2.45, 2.75) is 53.4 Å². The van der Waals surface area contributed by atoms with E-state index in [4.69, 9.17) is 0 Å². The Morgan fingerprint density at radius 3 is 2.19 bits per heavy atom. The lowest BCUT2D eigenvalue weighted by Crippen LogP contribution is -2.01. The van der Waals surface area contributed by atoms with Gasteiger partial charge < -0.3 is 0 Å². The smallest absolute Gasteiger partial charge is 0.193 e. The van der Waals surface area contributed by atoms with E-state index in [2.05, 4.69) is 52.0 Å². The van der Waals surface area contributed by atoms with Crippen LogP contribution in [0.4, 0.5) is 0 Å². The van der Waals surface area contributed by atoms with E-state index in [-0.39, 0.29) is 5.78 Å². The zero-order valence-electron chi connectivity index (χ0n) is 17.2. The molecule has 0 N–H and O–H groups in total. The molecule has 0 amide bonds. The summed E-state index contributed by atoms with van der Waals surface area (Å²) in [6, 6.07) is 17.6. The van der Waals surface area contributed by atoms with Crippen molar-refractivity contribution in [3.8, 4) is 0 Å². The highest BCUT2D eigenvalue weighted by molar-refractivity contribution is 6.08. The second-order valence-corrected chi connectivity index (χ2v) is 7.74. The number of aryl methyl sites for hydroxylation is 1. The van der Waals surface area contributed by atoms with Gasteiger partial charge in [-0.3, -0.25) is 4.79 Å². The number of rotatable bonds is 9. The van der Waals surface area contributed by atoms with E-state index < -0.39 is 0 Å². The predicted octanol–water partition coefficient (Wildman–Crippen LogP) is 7.18. The Morgan fingerprint density at radius 2 is 1.56 bits per heavy atom. The van der Waals surface area contributed by atoms with Gasteiger partial charge in [0.05, 0.1) is 0 Å². The Bertz CT molecular complexity index is 775. The SMILES string of the molecule is CC(C)=CCC/C(C)=C/C(C)CCc1ccc(C(=O)c2ccccc2)cc1. The van der Waals surface area contributed by atoms with Crippen molar-refractivity contribution < 1.29 is 4.79 Å². The summed E-state index contributed by atoms with van der Waals surface area (Å²) in [6.07, 6.45) is 9.16. The fourth-order valence-corrected chi connectivity index (χ4v) is 3.21. The number of carbonyl (C=O) groups excluding carboxylic acids is 1. The zero-order valence-corrected chi connectivity index (χ0v) is 17.2. The molecule has 142 valence electrons.